The number of nitrogens with zero attached hydrogens (tertiary/aromatic N) is 3. The van der Waals surface area contributed by atoms with Crippen LogP contribution in [0.5, 0.6) is 0 Å². The highest BCUT2D eigenvalue weighted by Crippen LogP contribution is 2.34. The fourth-order valence-electron chi connectivity index (χ4n) is 3.48. The molecule has 1 fully saturated rings. The topological polar surface area (TPSA) is 71.8 Å². The third-order valence-electron chi connectivity index (χ3n) is 4.70. The molecule has 0 saturated heterocycles. The highest BCUT2D eigenvalue weighted by molar-refractivity contribution is 5.75. The SMILES string of the molecule is CNC(=O)Cn1cc(NC2CCCC(c3ncccc3C)C2)cn1. The number of likely N-dealkylation sites (N-methyl/N-ethyl adjacent to an activating group) is 1. The van der Waals surface area contributed by atoms with Gasteiger partial charge in [0.15, 0.2) is 0 Å². The summed E-state index contributed by atoms with van der Waals surface area (Å²) in [5, 5.41) is 10.4. The minimum absolute atomic E-state index is 0.0481. The summed E-state index contributed by atoms with van der Waals surface area (Å²) in [7, 11) is 1.63. The first-order valence-corrected chi connectivity index (χ1v) is 8.57. The predicted octanol–water partition coefficient (Wildman–Crippen LogP) is 2.47. The van der Waals surface area contributed by atoms with Gasteiger partial charge < -0.3 is 10.6 Å². The molecule has 1 saturated carbocycles. The fourth-order valence-corrected chi connectivity index (χ4v) is 3.48. The lowest BCUT2D eigenvalue weighted by atomic mass is 9.82. The second-order valence-corrected chi connectivity index (χ2v) is 6.51. The molecular formula is C18H25N5O. The first-order valence-electron chi connectivity index (χ1n) is 8.57. The molecule has 0 spiro atoms. The number of amides is 1. The molecule has 2 atom stereocenters. The Morgan fingerprint density at radius 2 is 2.29 bits per heavy atom. The average molecular weight is 327 g/mol. The van der Waals surface area contributed by atoms with Gasteiger partial charge in [0.05, 0.1) is 11.9 Å². The third-order valence-corrected chi connectivity index (χ3v) is 4.70. The minimum Gasteiger partial charge on any atom is -0.380 e. The van der Waals surface area contributed by atoms with E-state index in [2.05, 4.69) is 33.7 Å². The summed E-state index contributed by atoms with van der Waals surface area (Å²) >= 11 is 0. The van der Waals surface area contributed by atoms with Crippen molar-refractivity contribution in [2.24, 2.45) is 0 Å². The van der Waals surface area contributed by atoms with Gasteiger partial charge in [0, 0.05) is 37.1 Å². The Morgan fingerprint density at radius 1 is 1.42 bits per heavy atom. The third kappa shape index (κ3) is 3.93. The molecule has 0 radical (unpaired) electrons. The van der Waals surface area contributed by atoms with E-state index < -0.39 is 0 Å². The first kappa shape index (κ1) is 16.5. The summed E-state index contributed by atoms with van der Waals surface area (Å²) in [4.78, 5) is 16.0. The van der Waals surface area contributed by atoms with Crippen LogP contribution in [0.15, 0.2) is 30.7 Å². The Kier molecular flexibility index (Phi) is 5.13. The number of aryl methyl sites for hydroxylation is 1. The van der Waals surface area contributed by atoms with E-state index in [-0.39, 0.29) is 12.5 Å². The van der Waals surface area contributed by atoms with Crippen molar-refractivity contribution in [1.29, 1.82) is 0 Å². The van der Waals surface area contributed by atoms with Gasteiger partial charge in [0.25, 0.3) is 0 Å². The van der Waals surface area contributed by atoms with E-state index in [0.717, 1.165) is 18.5 Å². The predicted molar refractivity (Wildman–Crippen MR) is 93.9 cm³/mol. The van der Waals surface area contributed by atoms with Crippen LogP contribution in [0.1, 0.15) is 42.9 Å². The summed E-state index contributed by atoms with van der Waals surface area (Å²) < 4.78 is 1.66. The highest BCUT2D eigenvalue weighted by Gasteiger charge is 2.25. The molecular weight excluding hydrogens is 302 g/mol. The lowest BCUT2D eigenvalue weighted by Gasteiger charge is -2.30. The molecule has 24 heavy (non-hydrogen) atoms. The van der Waals surface area contributed by atoms with Gasteiger partial charge in [-0.2, -0.15) is 5.10 Å². The Hall–Kier alpha value is -2.37. The fraction of sp³-hybridized carbons (Fsp3) is 0.500. The number of pyridine rings is 1. The van der Waals surface area contributed by atoms with Crippen LogP contribution in [0.2, 0.25) is 0 Å². The Bertz CT molecular complexity index is 696. The van der Waals surface area contributed by atoms with Crippen LogP contribution in [0.4, 0.5) is 5.69 Å². The maximum absolute atomic E-state index is 11.4. The van der Waals surface area contributed by atoms with Gasteiger partial charge in [-0.15, -0.1) is 0 Å². The van der Waals surface area contributed by atoms with Crippen molar-refractivity contribution >= 4 is 11.6 Å². The summed E-state index contributed by atoms with van der Waals surface area (Å²) in [6.07, 6.45) is 10.2. The number of rotatable bonds is 5. The van der Waals surface area contributed by atoms with E-state index in [0.29, 0.717) is 12.0 Å². The smallest absolute Gasteiger partial charge is 0.241 e. The molecule has 2 N–H and O–H groups in total. The van der Waals surface area contributed by atoms with Crippen LogP contribution >= 0.6 is 0 Å². The van der Waals surface area contributed by atoms with Crippen LogP contribution in [-0.4, -0.2) is 33.8 Å². The van der Waals surface area contributed by atoms with Gasteiger partial charge in [-0.25, -0.2) is 0 Å². The van der Waals surface area contributed by atoms with Crippen molar-refractivity contribution in [3.8, 4) is 0 Å². The molecule has 2 unspecified atom stereocenters. The molecule has 0 bridgehead atoms. The summed E-state index contributed by atoms with van der Waals surface area (Å²) in [5.41, 5.74) is 3.49. The van der Waals surface area contributed by atoms with Crippen molar-refractivity contribution in [3.05, 3.63) is 42.0 Å². The summed E-state index contributed by atoms with van der Waals surface area (Å²) in [6.45, 7) is 2.39. The molecule has 1 amide bonds. The summed E-state index contributed by atoms with van der Waals surface area (Å²) in [5.74, 6) is 0.464. The molecule has 6 heteroatoms. The van der Waals surface area contributed by atoms with E-state index in [1.54, 1.807) is 17.9 Å². The number of anilines is 1. The number of hydrogen-bond donors (Lipinski definition) is 2. The lowest BCUT2D eigenvalue weighted by Crippen LogP contribution is -2.27. The monoisotopic (exact) mass is 327 g/mol. The largest absolute Gasteiger partial charge is 0.380 e. The number of carbonyl (C=O) groups is 1. The second kappa shape index (κ2) is 7.47. The quantitative estimate of drug-likeness (QED) is 0.885. The van der Waals surface area contributed by atoms with Crippen LogP contribution in [0.25, 0.3) is 0 Å². The molecule has 2 heterocycles. The van der Waals surface area contributed by atoms with Crippen molar-refractivity contribution in [2.75, 3.05) is 12.4 Å². The van der Waals surface area contributed by atoms with E-state index in [9.17, 15) is 4.79 Å². The second-order valence-electron chi connectivity index (χ2n) is 6.51. The van der Waals surface area contributed by atoms with Gasteiger partial charge in [-0.1, -0.05) is 12.5 Å². The summed E-state index contributed by atoms with van der Waals surface area (Å²) in [6, 6.07) is 4.56. The molecule has 1 aliphatic rings. The maximum atomic E-state index is 11.4. The lowest BCUT2D eigenvalue weighted by molar-refractivity contribution is -0.121. The Morgan fingerprint density at radius 3 is 3.08 bits per heavy atom. The van der Waals surface area contributed by atoms with E-state index >= 15 is 0 Å². The average Bonchev–Trinajstić information content (AvgIpc) is 3.02. The van der Waals surface area contributed by atoms with Gasteiger partial charge >= 0.3 is 0 Å². The molecule has 0 aliphatic heterocycles. The van der Waals surface area contributed by atoms with Gasteiger partial charge in [-0.05, 0) is 37.8 Å². The minimum atomic E-state index is -0.0481. The van der Waals surface area contributed by atoms with Crippen molar-refractivity contribution in [3.63, 3.8) is 0 Å². The van der Waals surface area contributed by atoms with Gasteiger partial charge in [0.2, 0.25) is 5.91 Å². The van der Waals surface area contributed by atoms with Crippen molar-refractivity contribution in [1.82, 2.24) is 20.1 Å². The van der Waals surface area contributed by atoms with Crippen LogP contribution < -0.4 is 10.6 Å². The van der Waals surface area contributed by atoms with E-state index in [4.69, 9.17) is 0 Å². The highest BCUT2D eigenvalue weighted by atomic mass is 16.1. The number of aromatic nitrogens is 3. The normalized spacial score (nSPS) is 20.6. The zero-order valence-corrected chi connectivity index (χ0v) is 14.3. The molecule has 6 nitrogen and oxygen atoms in total. The van der Waals surface area contributed by atoms with E-state index in [1.807, 2.05) is 18.5 Å². The Labute approximate surface area is 142 Å². The zero-order chi connectivity index (χ0) is 16.9. The number of hydrogen-bond acceptors (Lipinski definition) is 4. The molecule has 128 valence electrons. The number of carbonyl (C=O) groups excluding carboxylic acids is 1. The number of nitrogens with one attached hydrogen (secondary N) is 2. The molecule has 2 aromatic heterocycles. The van der Waals surface area contributed by atoms with Crippen LogP contribution in [0.3, 0.4) is 0 Å². The van der Waals surface area contributed by atoms with Crippen LogP contribution in [0, 0.1) is 6.92 Å². The Balaban J connectivity index is 1.61. The molecule has 3 rings (SSSR count). The van der Waals surface area contributed by atoms with Gasteiger partial charge in [-0.3, -0.25) is 14.5 Å². The van der Waals surface area contributed by atoms with Crippen LogP contribution in [-0.2, 0) is 11.3 Å². The molecule has 0 aromatic carbocycles. The standard InChI is InChI=1S/C18H25N5O/c1-13-5-4-8-20-18(13)14-6-3-7-15(9-14)22-16-10-21-23(11-16)12-17(24)19-2/h4-5,8,10-11,14-15,22H,3,6-7,9,12H2,1-2H3,(H,19,24). The van der Waals surface area contributed by atoms with E-state index in [1.165, 1.54) is 24.1 Å². The van der Waals surface area contributed by atoms with Crippen molar-refractivity contribution < 1.29 is 4.79 Å². The van der Waals surface area contributed by atoms with Gasteiger partial charge in [0.1, 0.15) is 6.54 Å². The first-order chi connectivity index (χ1) is 11.7. The maximum Gasteiger partial charge on any atom is 0.241 e. The molecule has 1 aliphatic carbocycles. The molecule has 2 aromatic rings. The van der Waals surface area contributed by atoms with Crippen molar-refractivity contribution in [2.45, 2.75) is 51.1 Å². The zero-order valence-electron chi connectivity index (χ0n) is 14.3.